The minimum absolute atomic E-state index is 0.175. The molecule has 0 saturated carbocycles. The Morgan fingerprint density at radius 3 is 1.76 bits per heavy atom. The number of allylic oxidation sites excluding steroid dienone is 4. The van der Waals surface area contributed by atoms with Gasteiger partial charge in [-0.1, -0.05) is 94.3 Å². The van der Waals surface area contributed by atoms with Crippen molar-refractivity contribution in [2.24, 2.45) is 5.92 Å². The molecule has 0 aliphatic rings. The van der Waals surface area contributed by atoms with Gasteiger partial charge >= 0.3 is 0 Å². The lowest BCUT2D eigenvalue weighted by Crippen LogP contribution is -2.17. The van der Waals surface area contributed by atoms with E-state index in [4.69, 9.17) is 0 Å². The summed E-state index contributed by atoms with van der Waals surface area (Å²) in [6.07, 6.45) is 5.54. The van der Waals surface area contributed by atoms with Gasteiger partial charge in [-0.05, 0) is 66.8 Å². The minimum atomic E-state index is -0.175. The summed E-state index contributed by atoms with van der Waals surface area (Å²) in [6.45, 7) is 15.5. The van der Waals surface area contributed by atoms with Crippen LogP contribution in [0.15, 0.2) is 71.8 Å². The summed E-state index contributed by atoms with van der Waals surface area (Å²) < 4.78 is 13.6. The molecule has 0 saturated heterocycles. The highest BCUT2D eigenvalue weighted by molar-refractivity contribution is 5.40. The van der Waals surface area contributed by atoms with E-state index in [9.17, 15) is 4.39 Å². The van der Waals surface area contributed by atoms with Crippen LogP contribution in [-0.4, -0.2) is 0 Å². The van der Waals surface area contributed by atoms with Crippen LogP contribution >= 0.6 is 0 Å². The molecule has 0 amide bonds. The third-order valence-electron chi connectivity index (χ3n) is 5.74. The lowest BCUT2D eigenvalue weighted by molar-refractivity contribution is 0.531. The maximum atomic E-state index is 13.6. The van der Waals surface area contributed by atoms with Crippen molar-refractivity contribution in [1.29, 1.82) is 0 Å². The van der Waals surface area contributed by atoms with Crippen molar-refractivity contribution in [3.8, 4) is 0 Å². The molecule has 0 bridgehead atoms. The van der Waals surface area contributed by atoms with Crippen molar-refractivity contribution < 1.29 is 4.39 Å². The topological polar surface area (TPSA) is 0 Å². The predicted octanol–water partition coefficient (Wildman–Crippen LogP) is 8.78. The van der Waals surface area contributed by atoms with Gasteiger partial charge < -0.3 is 0 Å². The molecule has 29 heavy (non-hydrogen) atoms. The molecule has 0 aliphatic heterocycles. The summed E-state index contributed by atoms with van der Waals surface area (Å²) in [5.41, 5.74) is 6.64. The minimum Gasteiger partial charge on any atom is -0.207 e. The second kappa shape index (κ2) is 10.6. The molecule has 0 N–H and O–H groups in total. The van der Waals surface area contributed by atoms with E-state index in [0.29, 0.717) is 17.8 Å². The molecule has 0 aromatic heterocycles. The molecular formula is C28H37F. The summed E-state index contributed by atoms with van der Waals surface area (Å²) in [4.78, 5) is 0. The van der Waals surface area contributed by atoms with E-state index in [1.165, 1.54) is 27.8 Å². The summed E-state index contributed by atoms with van der Waals surface area (Å²) >= 11 is 0. The second-order valence-electron chi connectivity index (χ2n) is 8.93. The molecule has 2 unspecified atom stereocenters. The van der Waals surface area contributed by atoms with Crippen LogP contribution in [0.2, 0.25) is 0 Å². The quantitative estimate of drug-likeness (QED) is 0.394. The van der Waals surface area contributed by atoms with Gasteiger partial charge in [0, 0.05) is 5.92 Å². The van der Waals surface area contributed by atoms with Crippen molar-refractivity contribution >= 4 is 0 Å². The molecule has 1 heteroatoms. The monoisotopic (exact) mass is 392 g/mol. The molecule has 0 radical (unpaired) electrons. The van der Waals surface area contributed by atoms with Crippen molar-refractivity contribution in [3.63, 3.8) is 0 Å². The van der Waals surface area contributed by atoms with Crippen LogP contribution in [0.3, 0.4) is 0 Å². The third kappa shape index (κ3) is 6.16. The first-order valence-corrected chi connectivity index (χ1v) is 10.9. The van der Waals surface area contributed by atoms with E-state index in [2.05, 4.69) is 84.9 Å². The number of rotatable bonds is 8. The van der Waals surface area contributed by atoms with Crippen LogP contribution in [0, 0.1) is 11.7 Å². The van der Waals surface area contributed by atoms with Crippen LogP contribution in [-0.2, 0) is 0 Å². The number of halogens is 1. The first-order chi connectivity index (χ1) is 13.7. The fourth-order valence-electron chi connectivity index (χ4n) is 4.04. The van der Waals surface area contributed by atoms with Crippen molar-refractivity contribution in [1.82, 2.24) is 0 Å². The van der Waals surface area contributed by atoms with Gasteiger partial charge in [-0.2, -0.15) is 0 Å². The molecule has 0 spiro atoms. The zero-order chi connectivity index (χ0) is 21.6. The molecular weight excluding hydrogens is 355 g/mol. The Bertz CT molecular complexity index is 816. The standard InChI is InChI=1S/C28H37F/c1-8-26(23-14-16-25(29)17-15-23)28(27(21(6)7)18-9-19(2)3)24-12-10-22(11-13-24)20(4)5/h9-18,20-21,26,28H,8H2,1-7H3/b27-18+. The first-order valence-electron chi connectivity index (χ1n) is 10.9. The van der Waals surface area contributed by atoms with Gasteiger partial charge in [0.25, 0.3) is 0 Å². The average Bonchev–Trinajstić information content (AvgIpc) is 2.68. The molecule has 0 aliphatic carbocycles. The van der Waals surface area contributed by atoms with Gasteiger partial charge in [0.1, 0.15) is 5.82 Å². The van der Waals surface area contributed by atoms with E-state index < -0.39 is 0 Å². The van der Waals surface area contributed by atoms with Crippen LogP contribution in [0.4, 0.5) is 4.39 Å². The van der Waals surface area contributed by atoms with Gasteiger partial charge in [0.15, 0.2) is 0 Å². The fraction of sp³-hybridized carbons (Fsp3) is 0.429. The van der Waals surface area contributed by atoms with E-state index >= 15 is 0 Å². The molecule has 0 heterocycles. The van der Waals surface area contributed by atoms with E-state index in [1.807, 2.05) is 12.1 Å². The normalized spacial score (nSPS) is 14.2. The predicted molar refractivity (Wildman–Crippen MR) is 125 cm³/mol. The lowest BCUT2D eigenvalue weighted by Gasteiger charge is -2.32. The van der Waals surface area contributed by atoms with Crippen molar-refractivity contribution in [2.45, 2.75) is 72.6 Å². The molecule has 2 aromatic rings. The van der Waals surface area contributed by atoms with Crippen LogP contribution < -0.4 is 0 Å². The molecule has 2 atom stereocenters. The van der Waals surface area contributed by atoms with E-state index in [0.717, 1.165) is 6.42 Å². The Labute approximate surface area is 177 Å². The number of benzene rings is 2. The fourth-order valence-corrected chi connectivity index (χ4v) is 4.04. The van der Waals surface area contributed by atoms with Gasteiger partial charge in [-0.3, -0.25) is 0 Å². The Kier molecular flexibility index (Phi) is 8.44. The molecule has 0 fully saturated rings. The lowest BCUT2D eigenvalue weighted by atomic mass is 9.72. The summed E-state index contributed by atoms with van der Waals surface area (Å²) in [5, 5.41) is 0. The highest BCUT2D eigenvalue weighted by atomic mass is 19.1. The number of hydrogen-bond donors (Lipinski definition) is 0. The summed E-state index contributed by atoms with van der Waals surface area (Å²) in [7, 11) is 0. The highest BCUT2D eigenvalue weighted by Gasteiger charge is 2.28. The molecule has 0 nitrogen and oxygen atoms in total. The van der Waals surface area contributed by atoms with Crippen LogP contribution in [0.1, 0.15) is 89.3 Å². The SMILES string of the molecule is CCC(c1ccc(F)cc1)C(/C(=C/C=C(C)C)C(C)C)c1ccc(C(C)C)cc1. The maximum Gasteiger partial charge on any atom is 0.123 e. The van der Waals surface area contributed by atoms with Gasteiger partial charge in [-0.15, -0.1) is 0 Å². The van der Waals surface area contributed by atoms with Gasteiger partial charge in [0.2, 0.25) is 0 Å². The second-order valence-corrected chi connectivity index (χ2v) is 8.93. The first kappa shape index (κ1) is 23.1. The Morgan fingerprint density at radius 2 is 1.31 bits per heavy atom. The zero-order valence-electron chi connectivity index (χ0n) is 19.2. The average molecular weight is 393 g/mol. The largest absolute Gasteiger partial charge is 0.207 e. The molecule has 156 valence electrons. The van der Waals surface area contributed by atoms with Crippen LogP contribution in [0.5, 0.6) is 0 Å². The van der Waals surface area contributed by atoms with Crippen LogP contribution in [0.25, 0.3) is 0 Å². The van der Waals surface area contributed by atoms with Gasteiger partial charge in [0.05, 0.1) is 0 Å². The van der Waals surface area contributed by atoms with Gasteiger partial charge in [-0.25, -0.2) is 4.39 Å². The molecule has 2 rings (SSSR count). The highest BCUT2D eigenvalue weighted by Crippen LogP contribution is 2.43. The zero-order valence-corrected chi connectivity index (χ0v) is 19.2. The Balaban J connectivity index is 2.63. The summed E-state index contributed by atoms with van der Waals surface area (Å²) in [5.74, 6) is 1.34. The number of hydrogen-bond acceptors (Lipinski definition) is 0. The maximum absolute atomic E-state index is 13.6. The molecule has 2 aromatic carbocycles. The Hall–Kier alpha value is -2.15. The van der Waals surface area contributed by atoms with E-state index in [1.54, 1.807) is 12.1 Å². The summed E-state index contributed by atoms with van der Waals surface area (Å²) in [6, 6.07) is 16.2. The van der Waals surface area contributed by atoms with Crippen molar-refractivity contribution in [3.05, 3.63) is 94.3 Å². The van der Waals surface area contributed by atoms with Crippen molar-refractivity contribution in [2.75, 3.05) is 0 Å². The Morgan fingerprint density at radius 1 is 0.793 bits per heavy atom. The van der Waals surface area contributed by atoms with E-state index in [-0.39, 0.29) is 11.7 Å². The third-order valence-corrected chi connectivity index (χ3v) is 5.74. The smallest absolute Gasteiger partial charge is 0.123 e.